The molecule has 21 heavy (non-hydrogen) atoms. The van der Waals surface area contributed by atoms with Gasteiger partial charge in [0.15, 0.2) is 11.6 Å². The van der Waals surface area contributed by atoms with Gasteiger partial charge in [0.2, 0.25) is 0 Å². The predicted octanol–water partition coefficient (Wildman–Crippen LogP) is 4.39. The monoisotopic (exact) mass is 291 g/mol. The van der Waals surface area contributed by atoms with Crippen LogP contribution in [-0.4, -0.2) is 7.11 Å². The summed E-state index contributed by atoms with van der Waals surface area (Å²) in [6.07, 6.45) is 0. The summed E-state index contributed by atoms with van der Waals surface area (Å²) in [6, 6.07) is 11.6. The molecule has 2 nitrogen and oxygen atoms in total. The van der Waals surface area contributed by atoms with E-state index in [1.807, 2.05) is 38.1 Å². The fraction of sp³-hybridized carbons (Fsp3) is 0.294. The molecule has 2 unspecified atom stereocenters. The van der Waals surface area contributed by atoms with Crippen molar-refractivity contribution in [1.29, 1.82) is 0 Å². The van der Waals surface area contributed by atoms with E-state index in [1.165, 1.54) is 6.07 Å². The second-order valence-corrected chi connectivity index (χ2v) is 5.03. The van der Waals surface area contributed by atoms with Crippen LogP contribution in [0.25, 0.3) is 0 Å². The van der Waals surface area contributed by atoms with E-state index in [4.69, 9.17) is 4.74 Å². The van der Waals surface area contributed by atoms with Gasteiger partial charge >= 0.3 is 0 Å². The number of hydrogen-bond donors (Lipinski definition) is 1. The SMILES string of the molecule is COc1ccc(C(C)NC(C)c2cccc(F)c2F)cc1. The van der Waals surface area contributed by atoms with Gasteiger partial charge in [-0.3, -0.25) is 0 Å². The topological polar surface area (TPSA) is 21.3 Å². The van der Waals surface area contributed by atoms with Crippen molar-refractivity contribution in [1.82, 2.24) is 5.32 Å². The number of methoxy groups -OCH3 is 1. The lowest BCUT2D eigenvalue weighted by atomic mass is 10.0. The predicted molar refractivity (Wildman–Crippen MR) is 79.3 cm³/mol. The lowest BCUT2D eigenvalue weighted by Crippen LogP contribution is -2.23. The van der Waals surface area contributed by atoms with Crippen LogP contribution in [0.5, 0.6) is 5.75 Å². The summed E-state index contributed by atoms with van der Waals surface area (Å²) in [5.41, 5.74) is 1.38. The Balaban J connectivity index is 2.10. The Morgan fingerprint density at radius 3 is 2.24 bits per heavy atom. The Kier molecular flexibility index (Phi) is 4.91. The highest BCUT2D eigenvalue weighted by Gasteiger charge is 2.16. The maximum atomic E-state index is 13.8. The first kappa shape index (κ1) is 15.4. The standard InChI is InChI=1S/C17H19F2NO/c1-11(13-7-9-14(21-3)10-8-13)20-12(2)15-5-4-6-16(18)17(15)19/h4-12,20H,1-3H3. The van der Waals surface area contributed by atoms with Gasteiger partial charge in [0, 0.05) is 17.6 Å². The summed E-state index contributed by atoms with van der Waals surface area (Å²) >= 11 is 0. The molecule has 2 rings (SSSR count). The van der Waals surface area contributed by atoms with E-state index >= 15 is 0 Å². The molecule has 0 aromatic heterocycles. The van der Waals surface area contributed by atoms with E-state index in [1.54, 1.807) is 13.2 Å². The third kappa shape index (κ3) is 3.58. The normalized spacial score (nSPS) is 13.8. The zero-order valence-electron chi connectivity index (χ0n) is 12.4. The van der Waals surface area contributed by atoms with E-state index in [0.717, 1.165) is 17.4 Å². The molecule has 0 aliphatic heterocycles. The molecule has 0 aliphatic rings. The Bertz CT molecular complexity index is 598. The first-order chi connectivity index (χ1) is 10.0. The number of halogens is 2. The molecular weight excluding hydrogens is 272 g/mol. The molecule has 0 saturated carbocycles. The minimum Gasteiger partial charge on any atom is -0.497 e. The lowest BCUT2D eigenvalue weighted by Gasteiger charge is -2.21. The number of benzene rings is 2. The maximum Gasteiger partial charge on any atom is 0.163 e. The van der Waals surface area contributed by atoms with E-state index in [2.05, 4.69) is 5.32 Å². The van der Waals surface area contributed by atoms with Gasteiger partial charge in [-0.05, 0) is 37.6 Å². The van der Waals surface area contributed by atoms with Crippen molar-refractivity contribution in [3.8, 4) is 5.75 Å². The summed E-state index contributed by atoms with van der Waals surface area (Å²) in [7, 11) is 1.62. The van der Waals surface area contributed by atoms with Crippen LogP contribution in [0, 0.1) is 11.6 Å². The quantitative estimate of drug-likeness (QED) is 0.882. The molecule has 0 radical (unpaired) electrons. The largest absolute Gasteiger partial charge is 0.497 e. The molecule has 1 N–H and O–H groups in total. The van der Waals surface area contributed by atoms with Crippen LogP contribution in [0.2, 0.25) is 0 Å². The van der Waals surface area contributed by atoms with Crippen LogP contribution in [0.15, 0.2) is 42.5 Å². The van der Waals surface area contributed by atoms with Crippen LogP contribution < -0.4 is 10.1 Å². The third-order valence-corrected chi connectivity index (χ3v) is 3.56. The third-order valence-electron chi connectivity index (χ3n) is 3.56. The molecule has 2 aromatic carbocycles. The number of hydrogen-bond acceptors (Lipinski definition) is 2. The van der Waals surface area contributed by atoms with Crippen LogP contribution >= 0.6 is 0 Å². The van der Waals surface area contributed by atoms with Crippen molar-refractivity contribution < 1.29 is 13.5 Å². The fourth-order valence-electron chi connectivity index (χ4n) is 2.31. The highest BCUT2D eigenvalue weighted by Crippen LogP contribution is 2.23. The number of nitrogens with one attached hydrogen (secondary N) is 1. The molecular formula is C17H19F2NO. The Labute approximate surface area is 123 Å². The van der Waals surface area contributed by atoms with Gasteiger partial charge in [-0.15, -0.1) is 0 Å². The first-order valence-electron chi connectivity index (χ1n) is 6.87. The van der Waals surface area contributed by atoms with Gasteiger partial charge < -0.3 is 10.1 Å². The van der Waals surface area contributed by atoms with E-state index < -0.39 is 11.6 Å². The van der Waals surface area contributed by atoms with Gasteiger partial charge in [-0.1, -0.05) is 24.3 Å². The van der Waals surface area contributed by atoms with Gasteiger partial charge in [0.25, 0.3) is 0 Å². The number of ether oxygens (including phenoxy) is 1. The highest BCUT2D eigenvalue weighted by atomic mass is 19.2. The van der Waals surface area contributed by atoms with Crippen molar-refractivity contribution in [2.45, 2.75) is 25.9 Å². The van der Waals surface area contributed by atoms with E-state index in [9.17, 15) is 8.78 Å². The van der Waals surface area contributed by atoms with Crippen molar-refractivity contribution in [3.05, 3.63) is 65.2 Å². The molecule has 0 bridgehead atoms. The van der Waals surface area contributed by atoms with Crippen molar-refractivity contribution >= 4 is 0 Å². The summed E-state index contributed by atoms with van der Waals surface area (Å²) in [5, 5.41) is 3.27. The maximum absolute atomic E-state index is 13.8. The molecule has 0 aliphatic carbocycles. The second kappa shape index (κ2) is 6.68. The van der Waals surface area contributed by atoms with Crippen LogP contribution in [0.4, 0.5) is 8.78 Å². The molecule has 0 amide bonds. The molecule has 0 saturated heterocycles. The highest BCUT2D eigenvalue weighted by molar-refractivity contribution is 5.29. The Hall–Kier alpha value is -1.94. The van der Waals surface area contributed by atoms with Gasteiger partial charge in [-0.2, -0.15) is 0 Å². The Morgan fingerprint density at radius 1 is 0.952 bits per heavy atom. The number of rotatable bonds is 5. The second-order valence-electron chi connectivity index (χ2n) is 5.03. The minimum atomic E-state index is -0.821. The van der Waals surface area contributed by atoms with Crippen LogP contribution in [0.1, 0.15) is 37.1 Å². The molecule has 2 atom stereocenters. The summed E-state index contributed by atoms with van der Waals surface area (Å²) in [6.45, 7) is 3.80. The molecule has 4 heteroatoms. The van der Waals surface area contributed by atoms with Crippen LogP contribution in [-0.2, 0) is 0 Å². The first-order valence-corrected chi connectivity index (χ1v) is 6.87. The van der Waals surface area contributed by atoms with Crippen LogP contribution in [0.3, 0.4) is 0 Å². The van der Waals surface area contributed by atoms with Gasteiger partial charge in [0.05, 0.1) is 7.11 Å². The molecule has 0 heterocycles. The molecule has 112 valence electrons. The minimum absolute atomic E-state index is 0.00794. The van der Waals surface area contributed by atoms with Gasteiger partial charge in [-0.25, -0.2) is 8.78 Å². The zero-order valence-corrected chi connectivity index (χ0v) is 12.4. The van der Waals surface area contributed by atoms with Gasteiger partial charge in [0.1, 0.15) is 5.75 Å². The van der Waals surface area contributed by atoms with Crippen molar-refractivity contribution in [3.63, 3.8) is 0 Å². The summed E-state index contributed by atoms with van der Waals surface area (Å²) in [4.78, 5) is 0. The van der Waals surface area contributed by atoms with Crippen molar-refractivity contribution in [2.24, 2.45) is 0 Å². The zero-order chi connectivity index (χ0) is 15.4. The van der Waals surface area contributed by atoms with Crippen molar-refractivity contribution in [2.75, 3.05) is 7.11 Å². The molecule has 2 aromatic rings. The molecule has 0 spiro atoms. The summed E-state index contributed by atoms with van der Waals surface area (Å²) < 4.78 is 32.2. The van der Waals surface area contributed by atoms with E-state index in [0.29, 0.717) is 5.56 Å². The molecule has 0 fully saturated rings. The fourth-order valence-corrected chi connectivity index (χ4v) is 2.31. The summed E-state index contributed by atoms with van der Waals surface area (Å²) in [5.74, 6) is -0.826. The lowest BCUT2D eigenvalue weighted by molar-refractivity contribution is 0.414. The Morgan fingerprint density at radius 2 is 1.62 bits per heavy atom. The average Bonchev–Trinajstić information content (AvgIpc) is 2.50. The average molecular weight is 291 g/mol. The smallest absolute Gasteiger partial charge is 0.163 e. The van der Waals surface area contributed by atoms with E-state index in [-0.39, 0.29) is 12.1 Å².